The molecule has 0 bridgehead atoms. The number of nitrogens with two attached hydrogens (primary N) is 1. The number of primary sulfonamides is 1. The molecule has 142 valence electrons. The van der Waals surface area contributed by atoms with Crippen LogP contribution in [0.3, 0.4) is 0 Å². The number of H-pyrrole nitrogens is 1. The van der Waals surface area contributed by atoms with Crippen LogP contribution in [0.4, 0.5) is 5.69 Å². The second kappa shape index (κ2) is 8.26. The maximum atomic E-state index is 11.7. The number of halogens is 2. The van der Waals surface area contributed by atoms with Crippen molar-refractivity contribution in [3.05, 3.63) is 44.2 Å². The van der Waals surface area contributed by atoms with Crippen molar-refractivity contribution in [2.75, 3.05) is 17.6 Å². The van der Waals surface area contributed by atoms with Crippen LogP contribution in [0.5, 0.6) is 11.6 Å². The molecule has 0 fully saturated rings. The summed E-state index contributed by atoms with van der Waals surface area (Å²) in [4.78, 5) is 11.7. The van der Waals surface area contributed by atoms with Gasteiger partial charge in [0, 0.05) is 23.9 Å². The minimum Gasteiger partial charge on any atom is -0.434 e. The number of nitrogens with zero attached hydrogens (tertiary/aromatic N) is 1. The van der Waals surface area contributed by atoms with Gasteiger partial charge >= 0.3 is 0 Å². The Morgan fingerprint density at radius 3 is 2.42 bits per heavy atom. The first-order chi connectivity index (χ1) is 12.1. The molecule has 0 unspecified atom stereocenters. The molecule has 0 radical (unpaired) electrons. The van der Waals surface area contributed by atoms with Crippen LogP contribution in [0.25, 0.3) is 0 Å². The van der Waals surface area contributed by atoms with E-state index in [9.17, 15) is 13.2 Å². The van der Waals surface area contributed by atoms with Crippen molar-refractivity contribution in [1.29, 1.82) is 0 Å². The summed E-state index contributed by atoms with van der Waals surface area (Å²) in [6, 6.07) is 4.58. The average Bonchev–Trinajstić information content (AvgIpc) is 2.51. The lowest BCUT2D eigenvalue weighted by atomic mass is 10.1. The summed E-state index contributed by atoms with van der Waals surface area (Å²) in [5.41, 5.74) is 0.732. The summed E-state index contributed by atoms with van der Waals surface area (Å²) in [6.45, 7) is 3.84. The Morgan fingerprint density at radius 2 is 1.88 bits per heavy atom. The molecule has 0 saturated heterocycles. The number of ether oxygens (including phenoxy) is 1. The van der Waals surface area contributed by atoms with Gasteiger partial charge in [0.1, 0.15) is 0 Å². The second-order valence-corrected chi connectivity index (χ2v) is 8.36. The lowest BCUT2D eigenvalue weighted by molar-refractivity contribution is 0.452. The lowest BCUT2D eigenvalue weighted by Crippen LogP contribution is -2.22. The maximum absolute atomic E-state index is 11.7. The molecule has 0 aliphatic heterocycles. The minimum absolute atomic E-state index is 0.0135. The molecule has 0 amide bonds. The third kappa shape index (κ3) is 5.60. The Kier molecular flexibility index (Phi) is 6.51. The molecule has 0 atom stereocenters. The van der Waals surface area contributed by atoms with Gasteiger partial charge in [-0.3, -0.25) is 4.79 Å². The van der Waals surface area contributed by atoms with Crippen molar-refractivity contribution in [3.63, 3.8) is 0 Å². The van der Waals surface area contributed by atoms with Crippen LogP contribution < -0.4 is 20.8 Å². The first kappa shape index (κ1) is 20.5. The summed E-state index contributed by atoms with van der Waals surface area (Å²) in [5.74, 6) is 0.0619. The Hall–Kier alpha value is -1.81. The molecule has 2 aromatic rings. The average molecular weight is 421 g/mol. The van der Waals surface area contributed by atoms with E-state index in [1.54, 1.807) is 0 Å². The van der Waals surface area contributed by atoms with E-state index in [1.165, 1.54) is 18.2 Å². The maximum Gasteiger partial charge on any atom is 0.267 e. The van der Waals surface area contributed by atoms with Gasteiger partial charge in [-0.2, -0.15) is 0 Å². The van der Waals surface area contributed by atoms with Gasteiger partial charge in [0.25, 0.3) is 5.56 Å². The van der Waals surface area contributed by atoms with Crippen LogP contribution in [0, 0.1) is 0 Å². The number of aromatic amines is 1. The number of aromatic nitrogens is 2. The molecule has 2 rings (SSSR count). The van der Waals surface area contributed by atoms with E-state index in [1.807, 2.05) is 13.8 Å². The molecule has 1 aromatic carbocycles. The monoisotopic (exact) mass is 420 g/mol. The van der Waals surface area contributed by atoms with Gasteiger partial charge in [0.05, 0.1) is 15.8 Å². The predicted octanol–water partition coefficient (Wildman–Crippen LogP) is 2.69. The first-order valence-corrected chi connectivity index (χ1v) is 10.0. The van der Waals surface area contributed by atoms with Gasteiger partial charge < -0.3 is 10.1 Å². The number of rotatable bonds is 7. The predicted molar refractivity (Wildman–Crippen MR) is 102 cm³/mol. The van der Waals surface area contributed by atoms with Crippen molar-refractivity contribution in [2.45, 2.75) is 19.8 Å². The highest BCUT2D eigenvalue weighted by molar-refractivity contribution is 7.89. The van der Waals surface area contributed by atoms with Gasteiger partial charge in [-0.05, 0) is 18.1 Å². The van der Waals surface area contributed by atoms with Crippen molar-refractivity contribution in [1.82, 2.24) is 10.2 Å². The molecular formula is C15H18Cl2N4O4S. The van der Waals surface area contributed by atoms with Crippen LogP contribution in [0.1, 0.15) is 25.3 Å². The van der Waals surface area contributed by atoms with E-state index in [0.717, 1.165) is 0 Å². The summed E-state index contributed by atoms with van der Waals surface area (Å²) in [7, 11) is -3.57. The Labute approximate surface area is 160 Å². The fraction of sp³-hybridized carbons (Fsp3) is 0.333. The fourth-order valence-electron chi connectivity index (χ4n) is 2.08. The normalized spacial score (nSPS) is 11.6. The third-order valence-electron chi connectivity index (χ3n) is 3.35. The third-order valence-corrected chi connectivity index (χ3v) is 4.69. The summed E-state index contributed by atoms with van der Waals surface area (Å²) in [5, 5.41) is 14.4. The molecule has 11 heteroatoms. The SMILES string of the molecule is CC(C)c1cc(Oc2c(Cl)cc(NCCS(N)(=O)=O)cc2Cl)n[nH]c1=O. The summed E-state index contributed by atoms with van der Waals surface area (Å²) >= 11 is 12.4. The van der Waals surface area contributed by atoms with Gasteiger partial charge in [-0.1, -0.05) is 37.0 Å². The Morgan fingerprint density at radius 1 is 1.27 bits per heavy atom. The van der Waals surface area contributed by atoms with Crippen LogP contribution >= 0.6 is 23.2 Å². The molecule has 0 saturated carbocycles. The second-order valence-electron chi connectivity index (χ2n) is 5.81. The molecule has 26 heavy (non-hydrogen) atoms. The lowest BCUT2D eigenvalue weighted by Gasteiger charge is -2.13. The molecule has 0 spiro atoms. The zero-order valence-electron chi connectivity index (χ0n) is 14.0. The molecule has 1 heterocycles. The topological polar surface area (TPSA) is 127 Å². The van der Waals surface area contributed by atoms with Crippen molar-refractivity contribution >= 4 is 38.9 Å². The molecule has 4 N–H and O–H groups in total. The quantitative estimate of drug-likeness (QED) is 0.631. The minimum atomic E-state index is -3.57. The number of nitrogens with one attached hydrogen (secondary N) is 2. The highest BCUT2D eigenvalue weighted by Gasteiger charge is 2.14. The van der Waals surface area contributed by atoms with E-state index in [2.05, 4.69) is 15.5 Å². The van der Waals surface area contributed by atoms with E-state index >= 15 is 0 Å². The summed E-state index contributed by atoms with van der Waals surface area (Å²) in [6.07, 6.45) is 0. The molecule has 8 nitrogen and oxygen atoms in total. The highest BCUT2D eigenvalue weighted by Crippen LogP contribution is 2.38. The highest BCUT2D eigenvalue weighted by atomic mass is 35.5. The van der Waals surface area contributed by atoms with E-state index in [4.69, 9.17) is 33.1 Å². The van der Waals surface area contributed by atoms with Crippen molar-refractivity contribution < 1.29 is 13.2 Å². The van der Waals surface area contributed by atoms with E-state index in [-0.39, 0.29) is 45.4 Å². The first-order valence-electron chi connectivity index (χ1n) is 7.57. The van der Waals surface area contributed by atoms with Gasteiger partial charge in [0.2, 0.25) is 15.9 Å². The van der Waals surface area contributed by atoms with Crippen molar-refractivity contribution in [2.24, 2.45) is 5.14 Å². The molecular weight excluding hydrogens is 403 g/mol. The van der Waals surface area contributed by atoms with Crippen LogP contribution in [-0.2, 0) is 10.0 Å². The van der Waals surface area contributed by atoms with E-state index < -0.39 is 10.0 Å². The zero-order valence-corrected chi connectivity index (χ0v) is 16.4. The zero-order chi connectivity index (χ0) is 19.5. The smallest absolute Gasteiger partial charge is 0.267 e. The molecule has 0 aliphatic rings. The fourth-order valence-corrected chi connectivity index (χ4v) is 3.03. The number of hydrogen-bond donors (Lipinski definition) is 3. The number of hydrogen-bond acceptors (Lipinski definition) is 6. The van der Waals surface area contributed by atoms with Gasteiger partial charge in [0.15, 0.2) is 5.75 Å². The largest absolute Gasteiger partial charge is 0.434 e. The Balaban J connectivity index is 2.21. The standard InChI is InChI=1S/C15H18Cl2N4O4S/c1-8(2)10-7-13(20-21-15(10)22)25-14-11(16)5-9(6-12(14)17)19-3-4-26(18,23)24/h5-8,19H,3-4H2,1-2H3,(H,21,22)(H2,18,23,24). The van der Waals surface area contributed by atoms with Crippen molar-refractivity contribution in [3.8, 4) is 11.6 Å². The molecule has 1 aromatic heterocycles. The van der Waals surface area contributed by atoms with Crippen LogP contribution in [-0.4, -0.2) is 30.9 Å². The van der Waals surface area contributed by atoms with Gasteiger partial charge in [-0.25, -0.2) is 18.7 Å². The Bertz CT molecular complexity index is 937. The number of anilines is 1. The van der Waals surface area contributed by atoms with E-state index in [0.29, 0.717) is 11.3 Å². The van der Waals surface area contributed by atoms with Crippen LogP contribution in [0.15, 0.2) is 23.0 Å². The van der Waals surface area contributed by atoms with Gasteiger partial charge in [-0.15, -0.1) is 5.10 Å². The number of sulfonamides is 1. The van der Waals surface area contributed by atoms with Crippen LogP contribution in [0.2, 0.25) is 10.0 Å². The number of benzene rings is 1. The molecule has 0 aliphatic carbocycles. The summed E-state index contributed by atoms with van der Waals surface area (Å²) < 4.78 is 27.5.